The van der Waals surface area contributed by atoms with E-state index in [2.05, 4.69) is 30.3 Å². The molecule has 34 heavy (non-hydrogen) atoms. The van der Waals surface area contributed by atoms with Crippen LogP contribution in [0.15, 0.2) is 78.4 Å². The molecule has 176 valence electrons. The third-order valence-corrected chi connectivity index (χ3v) is 8.06. The first-order chi connectivity index (χ1) is 16.7. The Kier molecular flexibility index (Phi) is 7.08. The number of allylic oxidation sites excluding steroid dienone is 4. The van der Waals surface area contributed by atoms with Gasteiger partial charge in [-0.2, -0.15) is 0 Å². The second kappa shape index (κ2) is 10.5. The topological polar surface area (TPSA) is 43.4 Å². The molecule has 2 aromatic rings. The number of Topliss-reactive ketones (excluding diaryl/α,β-unsaturated/α-hetero) is 2. The zero-order valence-electron chi connectivity index (χ0n) is 19.8. The van der Waals surface area contributed by atoms with E-state index in [9.17, 15) is 9.59 Å². The van der Waals surface area contributed by atoms with Crippen LogP contribution in [0.2, 0.25) is 0 Å². The van der Waals surface area contributed by atoms with Crippen LogP contribution in [0.1, 0.15) is 56.1 Å². The van der Waals surface area contributed by atoms with Gasteiger partial charge in [0.15, 0.2) is 5.78 Å². The molecule has 3 aliphatic rings. The monoisotopic (exact) mass is 454 g/mol. The van der Waals surface area contributed by atoms with E-state index in [1.165, 1.54) is 5.56 Å². The van der Waals surface area contributed by atoms with Crippen LogP contribution < -0.4 is 4.74 Å². The molecule has 3 aliphatic carbocycles. The van der Waals surface area contributed by atoms with Gasteiger partial charge in [0.2, 0.25) is 0 Å². The SMILES string of the molecule is O=C1CC(C2CCC(C(=O)C3=CC=CC3)CC2)CC1Cc1ccc(OCc2ccccc2)cc1. The molecule has 2 fully saturated rings. The molecule has 0 spiro atoms. The Labute approximate surface area is 202 Å². The first-order valence-corrected chi connectivity index (χ1v) is 12.8. The molecule has 0 N–H and O–H groups in total. The number of hydrogen-bond acceptors (Lipinski definition) is 3. The molecule has 2 aromatic carbocycles. The summed E-state index contributed by atoms with van der Waals surface area (Å²) in [5.74, 6) is 3.07. The molecule has 5 rings (SSSR count). The molecule has 2 atom stereocenters. The second-order valence-electron chi connectivity index (χ2n) is 10.3. The third-order valence-electron chi connectivity index (χ3n) is 8.06. The van der Waals surface area contributed by atoms with E-state index in [1.54, 1.807) is 0 Å². The van der Waals surface area contributed by atoms with Gasteiger partial charge < -0.3 is 4.74 Å². The molecule has 0 amide bonds. The van der Waals surface area contributed by atoms with Crippen molar-refractivity contribution in [3.63, 3.8) is 0 Å². The van der Waals surface area contributed by atoms with Crippen molar-refractivity contribution in [1.82, 2.24) is 0 Å². The maximum absolute atomic E-state index is 12.8. The third kappa shape index (κ3) is 5.41. The van der Waals surface area contributed by atoms with Gasteiger partial charge >= 0.3 is 0 Å². The summed E-state index contributed by atoms with van der Waals surface area (Å²) < 4.78 is 5.89. The fourth-order valence-corrected chi connectivity index (χ4v) is 6.05. The fraction of sp³-hybridized carbons (Fsp3) is 0.419. The van der Waals surface area contributed by atoms with Crippen LogP contribution in [-0.2, 0) is 22.6 Å². The summed E-state index contributed by atoms with van der Waals surface area (Å²) >= 11 is 0. The summed E-state index contributed by atoms with van der Waals surface area (Å²) in [6, 6.07) is 18.4. The van der Waals surface area contributed by atoms with Crippen LogP contribution in [0.25, 0.3) is 0 Å². The number of ether oxygens (including phenoxy) is 1. The Morgan fingerprint density at radius 2 is 1.65 bits per heavy atom. The predicted octanol–water partition coefficient (Wildman–Crippen LogP) is 6.67. The van der Waals surface area contributed by atoms with Gasteiger partial charge in [-0.1, -0.05) is 60.7 Å². The Balaban J connectivity index is 1.09. The van der Waals surface area contributed by atoms with Crippen molar-refractivity contribution in [2.75, 3.05) is 0 Å². The Hall–Kier alpha value is -2.94. The summed E-state index contributed by atoms with van der Waals surface area (Å²) in [7, 11) is 0. The van der Waals surface area contributed by atoms with Crippen LogP contribution >= 0.6 is 0 Å². The number of carbonyl (C=O) groups is 2. The lowest BCUT2D eigenvalue weighted by atomic mass is 9.73. The zero-order chi connectivity index (χ0) is 23.3. The molecular weight excluding hydrogens is 420 g/mol. The van der Waals surface area contributed by atoms with Crippen molar-refractivity contribution in [3.05, 3.63) is 89.5 Å². The molecule has 0 heterocycles. The molecule has 0 aliphatic heterocycles. The summed E-state index contributed by atoms with van der Waals surface area (Å²) in [6.45, 7) is 0.561. The van der Waals surface area contributed by atoms with Crippen molar-refractivity contribution < 1.29 is 14.3 Å². The normalized spacial score (nSPS) is 26.5. The highest BCUT2D eigenvalue weighted by Gasteiger charge is 2.39. The fourth-order valence-electron chi connectivity index (χ4n) is 6.05. The quantitative estimate of drug-likeness (QED) is 0.448. The maximum atomic E-state index is 12.8. The minimum Gasteiger partial charge on any atom is -0.489 e. The van der Waals surface area contributed by atoms with E-state index in [0.717, 1.165) is 68.3 Å². The minimum atomic E-state index is 0.134. The highest BCUT2D eigenvalue weighted by atomic mass is 16.5. The van der Waals surface area contributed by atoms with E-state index in [0.29, 0.717) is 30.0 Å². The summed E-state index contributed by atoms with van der Waals surface area (Å²) in [5.41, 5.74) is 3.34. The van der Waals surface area contributed by atoms with Crippen molar-refractivity contribution in [2.24, 2.45) is 23.7 Å². The lowest BCUT2D eigenvalue weighted by Gasteiger charge is -2.31. The lowest BCUT2D eigenvalue weighted by Crippen LogP contribution is -2.26. The number of ketones is 2. The average molecular weight is 455 g/mol. The van der Waals surface area contributed by atoms with Crippen molar-refractivity contribution in [2.45, 2.75) is 58.0 Å². The van der Waals surface area contributed by atoms with E-state index in [1.807, 2.05) is 42.5 Å². The van der Waals surface area contributed by atoms with Gasteiger partial charge in [-0.25, -0.2) is 0 Å². The minimum absolute atomic E-state index is 0.134. The Morgan fingerprint density at radius 3 is 2.35 bits per heavy atom. The van der Waals surface area contributed by atoms with Crippen molar-refractivity contribution in [3.8, 4) is 5.75 Å². The highest BCUT2D eigenvalue weighted by molar-refractivity contribution is 5.98. The summed E-state index contributed by atoms with van der Waals surface area (Å²) in [5, 5.41) is 0. The molecule has 3 heteroatoms. The standard InChI is InChI=1S/C31H34O3/c32-30-20-27(24-12-14-26(15-13-24)31(33)25-8-4-5-9-25)19-28(30)18-22-10-16-29(17-11-22)34-21-23-6-2-1-3-7-23/h1-8,10-11,16-17,24,26-28H,9,12-15,18-21H2. The van der Waals surface area contributed by atoms with Crippen LogP contribution in [0.5, 0.6) is 5.75 Å². The van der Waals surface area contributed by atoms with Crippen LogP contribution in [0.4, 0.5) is 0 Å². The molecule has 0 bridgehead atoms. The molecular formula is C31H34O3. The van der Waals surface area contributed by atoms with Crippen molar-refractivity contribution in [1.29, 1.82) is 0 Å². The molecule has 2 saturated carbocycles. The van der Waals surface area contributed by atoms with E-state index < -0.39 is 0 Å². The first-order valence-electron chi connectivity index (χ1n) is 12.8. The summed E-state index contributed by atoms with van der Waals surface area (Å²) in [6.07, 6.45) is 13.6. The predicted molar refractivity (Wildman–Crippen MR) is 134 cm³/mol. The molecule has 2 unspecified atom stereocenters. The smallest absolute Gasteiger partial charge is 0.162 e. The zero-order valence-corrected chi connectivity index (χ0v) is 19.8. The first kappa shape index (κ1) is 22.8. The maximum Gasteiger partial charge on any atom is 0.162 e. The van der Waals surface area contributed by atoms with Gasteiger partial charge in [0, 0.05) is 18.3 Å². The number of rotatable bonds is 8. The number of hydrogen-bond donors (Lipinski definition) is 0. The van der Waals surface area contributed by atoms with Gasteiger partial charge in [0.25, 0.3) is 0 Å². The lowest BCUT2D eigenvalue weighted by molar-refractivity contribution is -0.122. The molecule has 3 nitrogen and oxygen atoms in total. The van der Waals surface area contributed by atoms with Gasteiger partial charge in [0.05, 0.1) is 0 Å². The molecule has 0 saturated heterocycles. The van der Waals surface area contributed by atoms with Crippen molar-refractivity contribution >= 4 is 11.6 Å². The Morgan fingerprint density at radius 1 is 0.882 bits per heavy atom. The van der Waals surface area contributed by atoms with Gasteiger partial charge in [-0.05, 0) is 85.6 Å². The van der Waals surface area contributed by atoms with E-state index >= 15 is 0 Å². The van der Waals surface area contributed by atoms with Crippen LogP contribution in [-0.4, -0.2) is 11.6 Å². The largest absolute Gasteiger partial charge is 0.489 e. The Bertz CT molecular complexity index is 1060. The highest BCUT2D eigenvalue weighted by Crippen LogP contribution is 2.43. The van der Waals surface area contributed by atoms with Gasteiger partial charge in [-0.15, -0.1) is 0 Å². The number of benzene rings is 2. The summed E-state index contributed by atoms with van der Waals surface area (Å²) in [4.78, 5) is 25.5. The second-order valence-corrected chi connectivity index (χ2v) is 10.3. The molecule has 0 radical (unpaired) electrons. The number of carbonyl (C=O) groups excluding carboxylic acids is 2. The molecule has 0 aromatic heterocycles. The average Bonchev–Trinajstić information content (AvgIpc) is 3.54. The van der Waals surface area contributed by atoms with E-state index in [4.69, 9.17) is 4.74 Å². The van der Waals surface area contributed by atoms with Gasteiger partial charge in [0.1, 0.15) is 18.1 Å². The van der Waals surface area contributed by atoms with Crippen LogP contribution in [0, 0.1) is 23.7 Å². The van der Waals surface area contributed by atoms with Gasteiger partial charge in [-0.3, -0.25) is 9.59 Å². The van der Waals surface area contributed by atoms with Crippen LogP contribution in [0.3, 0.4) is 0 Å². The van der Waals surface area contributed by atoms with E-state index in [-0.39, 0.29) is 11.8 Å².